The van der Waals surface area contributed by atoms with Crippen molar-refractivity contribution in [3.63, 3.8) is 0 Å². The van der Waals surface area contributed by atoms with Crippen molar-refractivity contribution in [2.75, 3.05) is 26.7 Å². The lowest BCUT2D eigenvalue weighted by atomic mass is 9.98. The largest absolute Gasteiger partial charge is 0.389 e. The Hall–Kier alpha value is -1.04. The Kier molecular flexibility index (Phi) is 4.42. The summed E-state index contributed by atoms with van der Waals surface area (Å²) in [5.74, 6) is -0.296. The maximum Gasteiger partial charge on any atom is 0.123 e. The third-order valence-electron chi connectivity index (χ3n) is 4.13. The molecule has 0 unspecified atom stereocenters. The summed E-state index contributed by atoms with van der Waals surface area (Å²) in [7, 11) is 2.15. The summed E-state index contributed by atoms with van der Waals surface area (Å²) in [6, 6.07) is 4.69. The molecule has 1 saturated heterocycles. The fourth-order valence-electron chi connectivity index (χ4n) is 2.63. The lowest BCUT2D eigenvalue weighted by molar-refractivity contribution is 0.0360. The van der Waals surface area contributed by atoms with Crippen molar-refractivity contribution in [1.82, 2.24) is 9.80 Å². The lowest BCUT2D eigenvalue weighted by Gasteiger charge is -2.45. The molecule has 0 amide bonds. The molecule has 1 fully saturated rings. The number of thiocarbonyl (C=S) groups is 1. The SMILES string of the molecule is CN1CCN(Cc2ccc(F)cc2C(N)=S)CC1(C)C. The molecular weight excluding hydrogens is 273 g/mol. The zero-order valence-electron chi connectivity index (χ0n) is 12.3. The first kappa shape index (κ1) is 15.4. The Morgan fingerprint density at radius 2 is 2.10 bits per heavy atom. The molecule has 2 N–H and O–H groups in total. The molecule has 1 aromatic carbocycles. The fraction of sp³-hybridized carbons (Fsp3) is 0.533. The van der Waals surface area contributed by atoms with E-state index in [9.17, 15) is 4.39 Å². The van der Waals surface area contributed by atoms with E-state index in [0.717, 1.165) is 31.7 Å². The van der Waals surface area contributed by atoms with Crippen LogP contribution in [0.4, 0.5) is 4.39 Å². The van der Waals surface area contributed by atoms with E-state index in [0.29, 0.717) is 5.56 Å². The first-order valence-corrected chi connectivity index (χ1v) is 7.22. The molecule has 1 heterocycles. The average Bonchev–Trinajstić information content (AvgIpc) is 2.35. The Bertz CT molecular complexity index is 516. The minimum Gasteiger partial charge on any atom is -0.389 e. The standard InChI is InChI=1S/C15H22FN3S/c1-15(2)10-19(7-6-18(15)3)9-11-4-5-12(16)8-13(11)14(17)20/h4-5,8H,6-7,9-10H2,1-3H3,(H2,17,20). The van der Waals surface area contributed by atoms with Crippen LogP contribution < -0.4 is 5.73 Å². The molecule has 2 rings (SSSR count). The van der Waals surface area contributed by atoms with Gasteiger partial charge in [0.25, 0.3) is 0 Å². The number of halogens is 1. The van der Waals surface area contributed by atoms with E-state index in [1.165, 1.54) is 12.1 Å². The van der Waals surface area contributed by atoms with Gasteiger partial charge in [-0.05, 0) is 38.6 Å². The van der Waals surface area contributed by atoms with Crippen LogP contribution in [-0.2, 0) is 6.54 Å². The average molecular weight is 295 g/mol. The van der Waals surface area contributed by atoms with Crippen molar-refractivity contribution >= 4 is 17.2 Å². The number of nitrogens with two attached hydrogens (primary N) is 1. The molecule has 0 saturated carbocycles. The molecule has 20 heavy (non-hydrogen) atoms. The van der Waals surface area contributed by atoms with E-state index in [4.69, 9.17) is 18.0 Å². The van der Waals surface area contributed by atoms with Gasteiger partial charge in [-0.2, -0.15) is 0 Å². The number of benzene rings is 1. The van der Waals surface area contributed by atoms with Crippen molar-refractivity contribution in [1.29, 1.82) is 0 Å². The summed E-state index contributed by atoms with van der Waals surface area (Å²) in [5, 5.41) is 0. The van der Waals surface area contributed by atoms with Gasteiger partial charge in [0.2, 0.25) is 0 Å². The van der Waals surface area contributed by atoms with Gasteiger partial charge in [-0.1, -0.05) is 18.3 Å². The van der Waals surface area contributed by atoms with E-state index in [-0.39, 0.29) is 16.3 Å². The van der Waals surface area contributed by atoms with Crippen LogP contribution in [0.25, 0.3) is 0 Å². The van der Waals surface area contributed by atoms with E-state index < -0.39 is 0 Å². The molecule has 1 aliphatic rings. The zero-order chi connectivity index (χ0) is 14.9. The van der Waals surface area contributed by atoms with Gasteiger partial charge in [-0.15, -0.1) is 0 Å². The van der Waals surface area contributed by atoms with Gasteiger partial charge < -0.3 is 5.73 Å². The normalized spacial score (nSPS) is 20.0. The summed E-state index contributed by atoms with van der Waals surface area (Å²) in [6.45, 7) is 8.21. The van der Waals surface area contributed by atoms with Gasteiger partial charge in [-0.3, -0.25) is 9.80 Å². The van der Waals surface area contributed by atoms with Gasteiger partial charge in [-0.25, -0.2) is 4.39 Å². The molecule has 1 aromatic rings. The molecule has 0 bridgehead atoms. The quantitative estimate of drug-likeness (QED) is 0.865. The Morgan fingerprint density at radius 3 is 2.70 bits per heavy atom. The second kappa shape index (κ2) is 5.76. The van der Waals surface area contributed by atoms with Crippen molar-refractivity contribution in [2.24, 2.45) is 5.73 Å². The number of nitrogens with zero attached hydrogens (tertiary/aromatic N) is 2. The summed E-state index contributed by atoms with van der Waals surface area (Å²) in [6.07, 6.45) is 0. The predicted molar refractivity (Wildman–Crippen MR) is 84.3 cm³/mol. The fourth-order valence-corrected chi connectivity index (χ4v) is 2.82. The van der Waals surface area contributed by atoms with Gasteiger partial charge in [0.1, 0.15) is 10.8 Å². The summed E-state index contributed by atoms with van der Waals surface area (Å²) in [4.78, 5) is 4.99. The van der Waals surface area contributed by atoms with E-state index in [1.807, 2.05) is 0 Å². The summed E-state index contributed by atoms with van der Waals surface area (Å²) < 4.78 is 13.3. The molecule has 3 nitrogen and oxygen atoms in total. The number of likely N-dealkylation sites (N-methyl/N-ethyl adjacent to an activating group) is 1. The number of hydrogen-bond acceptors (Lipinski definition) is 3. The molecule has 0 radical (unpaired) electrons. The second-order valence-corrected chi connectivity index (χ2v) is 6.55. The molecule has 0 aliphatic carbocycles. The molecule has 0 spiro atoms. The van der Waals surface area contributed by atoms with E-state index in [1.54, 1.807) is 6.07 Å². The molecule has 110 valence electrons. The van der Waals surface area contributed by atoms with Crippen LogP contribution in [0.2, 0.25) is 0 Å². The number of piperazine rings is 1. The highest BCUT2D eigenvalue weighted by atomic mass is 32.1. The van der Waals surface area contributed by atoms with Crippen molar-refractivity contribution < 1.29 is 4.39 Å². The Labute approximate surface area is 125 Å². The van der Waals surface area contributed by atoms with Crippen molar-refractivity contribution in [3.8, 4) is 0 Å². The number of hydrogen-bond donors (Lipinski definition) is 1. The monoisotopic (exact) mass is 295 g/mol. The number of rotatable bonds is 3. The van der Waals surface area contributed by atoms with Crippen LogP contribution in [0, 0.1) is 5.82 Å². The minimum atomic E-state index is -0.296. The van der Waals surface area contributed by atoms with Crippen LogP contribution in [0.15, 0.2) is 18.2 Å². The zero-order valence-corrected chi connectivity index (χ0v) is 13.1. The van der Waals surface area contributed by atoms with Crippen molar-refractivity contribution in [2.45, 2.75) is 25.9 Å². The third kappa shape index (κ3) is 3.34. The maximum atomic E-state index is 13.3. The highest BCUT2D eigenvalue weighted by molar-refractivity contribution is 7.80. The molecule has 0 aromatic heterocycles. The Balaban J connectivity index is 2.17. The first-order valence-electron chi connectivity index (χ1n) is 6.81. The Morgan fingerprint density at radius 1 is 1.40 bits per heavy atom. The van der Waals surface area contributed by atoms with Crippen molar-refractivity contribution in [3.05, 3.63) is 35.1 Å². The van der Waals surface area contributed by atoms with E-state index >= 15 is 0 Å². The van der Waals surface area contributed by atoms with Gasteiger partial charge in [0.15, 0.2) is 0 Å². The summed E-state index contributed by atoms with van der Waals surface area (Å²) in [5.41, 5.74) is 7.49. The predicted octanol–water partition coefficient (Wildman–Crippen LogP) is 1.99. The van der Waals surface area contributed by atoms with Crippen LogP contribution >= 0.6 is 12.2 Å². The van der Waals surface area contributed by atoms with Gasteiger partial charge in [0.05, 0.1) is 0 Å². The highest BCUT2D eigenvalue weighted by Gasteiger charge is 2.31. The topological polar surface area (TPSA) is 32.5 Å². The second-order valence-electron chi connectivity index (χ2n) is 6.11. The van der Waals surface area contributed by atoms with E-state index in [2.05, 4.69) is 30.7 Å². The molecule has 1 aliphatic heterocycles. The van der Waals surface area contributed by atoms with Crippen LogP contribution in [-0.4, -0.2) is 47.0 Å². The maximum absolute atomic E-state index is 13.3. The van der Waals surface area contributed by atoms with Crippen LogP contribution in [0.5, 0.6) is 0 Å². The highest BCUT2D eigenvalue weighted by Crippen LogP contribution is 2.22. The third-order valence-corrected chi connectivity index (χ3v) is 4.35. The molecule has 5 heteroatoms. The van der Waals surface area contributed by atoms with Gasteiger partial charge >= 0.3 is 0 Å². The van der Waals surface area contributed by atoms with Crippen LogP contribution in [0.3, 0.4) is 0 Å². The van der Waals surface area contributed by atoms with Crippen LogP contribution in [0.1, 0.15) is 25.0 Å². The molecular formula is C15H22FN3S. The molecule has 0 atom stereocenters. The first-order chi connectivity index (χ1) is 9.29. The summed E-state index contributed by atoms with van der Waals surface area (Å²) >= 11 is 5.03. The van der Waals surface area contributed by atoms with Gasteiger partial charge in [0, 0.05) is 37.3 Å². The smallest absolute Gasteiger partial charge is 0.123 e. The minimum absolute atomic E-state index is 0.141. The lowest BCUT2D eigenvalue weighted by Crippen LogP contribution is -2.57.